The maximum Gasteiger partial charge on any atom is 0.315 e. The first kappa shape index (κ1) is 15.0. The SMILES string of the molecule is CCOC(=O)[C@@]1(CN)[C@H](S(C)(=O)=O)[C@@H]1c1ccccc1. The molecule has 0 aliphatic heterocycles. The monoisotopic (exact) mass is 297 g/mol. The Hall–Kier alpha value is -1.40. The molecule has 0 saturated heterocycles. The molecule has 20 heavy (non-hydrogen) atoms. The molecule has 0 aromatic heterocycles. The summed E-state index contributed by atoms with van der Waals surface area (Å²) in [5, 5.41) is -0.804. The van der Waals surface area contributed by atoms with Gasteiger partial charge in [0.1, 0.15) is 5.41 Å². The second-order valence-corrected chi connectivity index (χ2v) is 7.27. The van der Waals surface area contributed by atoms with Crippen LogP contribution in [0.3, 0.4) is 0 Å². The number of ether oxygens (including phenoxy) is 1. The van der Waals surface area contributed by atoms with Crippen molar-refractivity contribution in [3.05, 3.63) is 35.9 Å². The average molecular weight is 297 g/mol. The molecule has 0 unspecified atom stereocenters. The molecule has 1 saturated carbocycles. The number of rotatable bonds is 5. The number of hydrogen-bond acceptors (Lipinski definition) is 5. The largest absolute Gasteiger partial charge is 0.465 e. The Balaban J connectivity index is 2.47. The van der Waals surface area contributed by atoms with Crippen LogP contribution in [-0.2, 0) is 19.4 Å². The molecule has 0 radical (unpaired) electrons. The molecule has 1 aliphatic carbocycles. The quantitative estimate of drug-likeness (QED) is 0.809. The Labute approximate surface area is 119 Å². The number of hydrogen-bond donors (Lipinski definition) is 1. The lowest BCUT2D eigenvalue weighted by Gasteiger charge is -2.14. The summed E-state index contributed by atoms with van der Waals surface area (Å²) >= 11 is 0. The molecule has 1 aromatic carbocycles. The number of carbonyl (C=O) groups excluding carboxylic acids is 1. The van der Waals surface area contributed by atoms with Crippen molar-refractivity contribution >= 4 is 15.8 Å². The molecule has 1 fully saturated rings. The second-order valence-electron chi connectivity index (χ2n) is 5.10. The van der Waals surface area contributed by atoms with Gasteiger partial charge in [0.2, 0.25) is 0 Å². The minimum absolute atomic E-state index is 0.0386. The summed E-state index contributed by atoms with van der Waals surface area (Å²) in [6.45, 7) is 1.86. The third-order valence-corrected chi connectivity index (χ3v) is 5.48. The van der Waals surface area contributed by atoms with E-state index in [0.717, 1.165) is 11.8 Å². The highest BCUT2D eigenvalue weighted by Gasteiger charge is 2.74. The zero-order valence-corrected chi connectivity index (χ0v) is 12.4. The van der Waals surface area contributed by atoms with Crippen molar-refractivity contribution in [3.8, 4) is 0 Å². The molecule has 0 bridgehead atoms. The van der Waals surface area contributed by atoms with Gasteiger partial charge in [-0.25, -0.2) is 8.42 Å². The van der Waals surface area contributed by atoms with E-state index in [9.17, 15) is 13.2 Å². The Bertz CT molecular complexity index is 599. The maximum atomic E-state index is 12.2. The van der Waals surface area contributed by atoms with Gasteiger partial charge < -0.3 is 10.5 Å². The van der Waals surface area contributed by atoms with Crippen molar-refractivity contribution in [3.63, 3.8) is 0 Å². The lowest BCUT2D eigenvalue weighted by Crippen LogP contribution is -2.33. The summed E-state index contributed by atoms with van der Waals surface area (Å²) in [6.07, 6.45) is 1.14. The fourth-order valence-corrected chi connectivity index (χ4v) is 4.92. The van der Waals surface area contributed by atoms with E-state index in [4.69, 9.17) is 10.5 Å². The minimum atomic E-state index is -3.39. The minimum Gasteiger partial charge on any atom is -0.465 e. The van der Waals surface area contributed by atoms with E-state index in [1.807, 2.05) is 30.3 Å². The smallest absolute Gasteiger partial charge is 0.315 e. The van der Waals surface area contributed by atoms with Crippen LogP contribution in [-0.4, -0.2) is 39.0 Å². The predicted octanol–water partition coefficient (Wildman–Crippen LogP) is 0.705. The predicted molar refractivity (Wildman–Crippen MR) is 75.9 cm³/mol. The molecular weight excluding hydrogens is 278 g/mol. The van der Waals surface area contributed by atoms with Crippen molar-refractivity contribution in [1.82, 2.24) is 0 Å². The highest BCUT2D eigenvalue weighted by atomic mass is 32.2. The Morgan fingerprint density at radius 2 is 1.95 bits per heavy atom. The zero-order chi connectivity index (χ0) is 15.0. The highest BCUT2D eigenvalue weighted by Crippen LogP contribution is 2.62. The van der Waals surface area contributed by atoms with Gasteiger partial charge in [-0.15, -0.1) is 0 Å². The number of sulfone groups is 1. The Kier molecular flexibility index (Phi) is 3.88. The molecule has 110 valence electrons. The molecular formula is C14H19NO4S. The number of benzene rings is 1. The lowest BCUT2D eigenvalue weighted by molar-refractivity contribution is -0.149. The standard InChI is InChI=1S/C14H19NO4S/c1-3-19-13(16)14(9-15)11(12(14)20(2,17)18)10-7-5-4-6-8-10/h4-8,11-12H,3,9,15H2,1-2H3/t11-,12+,14+/m0/s1. The van der Waals surface area contributed by atoms with E-state index >= 15 is 0 Å². The third-order valence-electron chi connectivity index (χ3n) is 3.87. The fraction of sp³-hybridized carbons (Fsp3) is 0.500. The van der Waals surface area contributed by atoms with E-state index in [-0.39, 0.29) is 13.2 Å². The Morgan fingerprint density at radius 3 is 2.40 bits per heavy atom. The summed E-state index contributed by atoms with van der Waals surface area (Å²) in [6, 6.07) is 9.12. The van der Waals surface area contributed by atoms with Crippen LogP contribution in [0.2, 0.25) is 0 Å². The van der Waals surface area contributed by atoms with Gasteiger partial charge in [0.05, 0.1) is 11.9 Å². The van der Waals surface area contributed by atoms with Gasteiger partial charge in [-0.3, -0.25) is 4.79 Å². The molecule has 5 nitrogen and oxygen atoms in total. The normalized spacial score (nSPS) is 28.9. The average Bonchev–Trinajstić information content (AvgIpc) is 3.11. The fourth-order valence-electron chi connectivity index (χ4n) is 3.00. The van der Waals surface area contributed by atoms with Crippen LogP contribution in [0.4, 0.5) is 0 Å². The second kappa shape index (κ2) is 5.18. The summed E-state index contributed by atoms with van der Waals surface area (Å²) in [7, 11) is -3.39. The van der Waals surface area contributed by atoms with Crippen molar-refractivity contribution < 1.29 is 17.9 Å². The van der Waals surface area contributed by atoms with Gasteiger partial charge in [-0.05, 0) is 12.5 Å². The lowest BCUT2D eigenvalue weighted by atomic mass is 9.99. The van der Waals surface area contributed by atoms with Gasteiger partial charge in [0, 0.05) is 18.7 Å². The highest BCUT2D eigenvalue weighted by molar-refractivity contribution is 7.91. The van der Waals surface area contributed by atoms with Gasteiger partial charge >= 0.3 is 5.97 Å². The molecule has 2 rings (SSSR count). The summed E-state index contributed by atoms with van der Waals surface area (Å²) in [5.41, 5.74) is 5.41. The Morgan fingerprint density at radius 1 is 1.35 bits per heavy atom. The molecule has 0 spiro atoms. The number of esters is 1. The van der Waals surface area contributed by atoms with E-state index in [0.29, 0.717) is 0 Å². The van der Waals surface area contributed by atoms with Crippen LogP contribution in [0, 0.1) is 5.41 Å². The first-order valence-electron chi connectivity index (χ1n) is 6.50. The van der Waals surface area contributed by atoms with Gasteiger partial charge in [0.25, 0.3) is 0 Å². The molecule has 0 heterocycles. The first-order valence-corrected chi connectivity index (χ1v) is 8.46. The van der Waals surface area contributed by atoms with E-state index in [1.165, 1.54) is 0 Å². The molecule has 1 aliphatic rings. The van der Waals surface area contributed by atoms with Crippen LogP contribution >= 0.6 is 0 Å². The van der Waals surface area contributed by atoms with Gasteiger partial charge in [0.15, 0.2) is 9.84 Å². The summed E-state index contributed by atoms with van der Waals surface area (Å²) < 4.78 is 29.0. The number of carbonyl (C=O) groups is 1. The first-order chi connectivity index (χ1) is 9.39. The van der Waals surface area contributed by atoms with Gasteiger partial charge in [-0.1, -0.05) is 30.3 Å². The molecule has 1 aromatic rings. The zero-order valence-electron chi connectivity index (χ0n) is 11.6. The van der Waals surface area contributed by atoms with Crippen molar-refractivity contribution in [1.29, 1.82) is 0 Å². The van der Waals surface area contributed by atoms with Gasteiger partial charge in [-0.2, -0.15) is 0 Å². The molecule has 3 atom stereocenters. The van der Waals surface area contributed by atoms with E-state index in [1.54, 1.807) is 6.92 Å². The van der Waals surface area contributed by atoms with Crippen LogP contribution in [0.5, 0.6) is 0 Å². The molecule has 6 heteroatoms. The van der Waals surface area contributed by atoms with Crippen LogP contribution in [0.1, 0.15) is 18.4 Å². The third kappa shape index (κ3) is 2.23. The van der Waals surface area contributed by atoms with E-state index < -0.39 is 32.4 Å². The summed E-state index contributed by atoms with van der Waals surface area (Å²) in [5.74, 6) is -0.950. The maximum absolute atomic E-state index is 12.2. The molecule has 2 N–H and O–H groups in total. The summed E-state index contributed by atoms with van der Waals surface area (Å²) in [4.78, 5) is 12.2. The van der Waals surface area contributed by atoms with Crippen molar-refractivity contribution in [2.45, 2.75) is 18.1 Å². The van der Waals surface area contributed by atoms with E-state index in [2.05, 4.69) is 0 Å². The topological polar surface area (TPSA) is 86.5 Å². The molecule has 0 amide bonds. The van der Waals surface area contributed by atoms with Crippen LogP contribution < -0.4 is 5.73 Å². The number of nitrogens with two attached hydrogens (primary N) is 1. The van der Waals surface area contributed by atoms with Crippen molar-refractivity contribution in [2.75, 3.05) is 19.4 Å². The van der Waals surface area contributed by atoms with Crippen molar-refractivity contribution in [2.24, 2.45) is 11.1 Å². The van der Waals surface area contributed by atoms with Crippen LogP contribution in [0.15, 0.2) is 30.3 Å². The van der Waals surface area contributed by atoms with Crippen LogP contribution in [0.25, 0.3) is 0 Å².